The molecule has 1 N–H and O–H groups in total. The fourth-order valence-electron chi connectivity index (χ4n) is 5.39. The zero-order valence-electron chi connectivity index (χ0n) is 16.7. The van der Waals surface area contributed by atoms with Gasteiger partial charge in [0.05, 0.1) is 5.52 Å². The Labute approximate surface area is 180 Å². The molecule has 1 aromatic heterocycles. The maximum Gasteiger partial charge on any atom is 0.227 e. The highest BCUT2D eigenvalue weighted by molar-refractivity contribution is 6.30. The summed E-state index contributed by atoms with van der Waals surface area (Å²) in [6.45, 7) is 0. The quantitative estimate of drug-likeness (QED) is 0.509. The van der Waals surface area contributed by atoms with Crippen LogP contribution in [0.25, 0.3) is 10.9 Å². The van der Waals surface area contributed by atoms with Gasteiger partial charge in [-0.15, -0.1) is 0 Å². The van der Waals surface area contributed by atoms with Gasteiger partial charge in [0.1, 0.15) is 5.82 Å². The van der Waals surface area contributed by atoms with Gasteiger partial charge in [-0.05, 0) is 104 Å². The molecule has 154 valence electrons. The molecule has 2 aliphatic carbocycles. The average molecular weight is 423 g/mol. The van der Waals surface area contributed by atoms with Crippen LogP contribution in [0.2, 0.25) is 5.02 Å². The summed E-state index contributed by atoms with van der Waals surface area (Å²) in [5, 5.41) is 4.61. The van der Waals surface area contributed by atoms with E-state index in [-0.39, 0.29) is 17.6 Å². The van der Waals surface area contributed by atoms with Gasteiger partial charge < -0.3 is 5.32 Å². The van der Waals surface area contributed by atoms with E-state index in [0.717, 1.165) is 55.1 Å². The van der Waals surface area contributed by atoms with Crippen molar-refractivity contribution >= 4 is 34.1 Å². The molecular formula is C25H24ClFN2O. The van der Waals surface area contributed by atoms with Crippen LogP contribution in [-0.4, -0.2) is 10.9 Å². The molecule has 5 heteroatoms. The normalized spacial score (nSPS) is 25.8. The summed E-state index contributed by atoms with van der Waals surface area (Å²) in [5.74, 6) is 0.427. The molecule has 2 aliphatic rings. The lowest BCUT2D eigenvalue weighted by Gasteiger charge is -2.51. The van der Waals surface area contributed by atoms with Crippen molar-refractivity contribution in [1.82, 2.24) is 4.98 Å². The summed E-state index contributed by atoms with van der Waals surface area (Å²) in [7, 11) is 0. The van der Waals surface area contributed by atoms with Gasteiger partial charge in [-0.3, -0.25) is 9.78 Å². The van der Waals surface area contributed by atoms with Gasteiger partial charge in [-0.2, -0.15) is 0 Å². The van der Waals surface area contributed by atoms with E-state index in [4.69, 9.17) is 11.6 Å². The van der Waals surface area contributed by atoms with E-state index in [0.29, 0.717) is 16.4 Å². The van der Waals surface area contributed by atoms with Gasteiger partial charge in [0.25, 0.3) is 0 Å². The van der Waals surface area contributed by atoms with Crippen LogP contribution in [0.4, 0.5) is 10.1 Å². The Morgan fingerprint density at radius 1 is 1.07 bits per heavy atom. The van der Waals surface area contributed by atoms with Gasteiger partial charge >= 0.3 is 0 Å². The molecule has 2 aromatic carbocycles. The summed E-state index contributed by atoms with van der Waals surface area (Å²) >= 11 is 5.91. The maximum atomic E-state index is 13.8. The molecule has 0 aliphatic heterocycles. The van der Waals surface area contributed by atoms with E-state index < -0.39 is 0 Å². The number of nitrogens with zero attached hydrogens (tertiary/aromatic N) is 1. The van der Waals surface area contributed by atoms with Crippen LogP contribution in [0.15, 0.2) is 54.7 Å². The number of hydrogen-bond acceptors (Lipinski definition) is 2. The van der Waals surface area contributed by atoms with Crippen molar-refractivity contribution in [3.8, 4) is 0 Å². The first-order valence-electron chi connectivity index (χ1n) is 10.6. The highest BCUT2D eigenvalue weighted by Gasteiger charge is 2.48. The number of carbonyl (C=O) groups is 1. The lowest BCUT2D eigenvalue weighted by molar-refractivity contribution is -0.128. The van der Waals surface area contributed by atoms with Crippen LogP contribution in [-0.2, 0) is 4.79 Å². The number of hydrogen-bond donors (Lipinski definition) is 1. The largest absolute Gasteiger partial charge is 0.326 e. The molecular weight excluding hydrogens is 399 g/mol. The first kappa shape index (κ1) is 19.5. The van der Waals surface area contributed by atoms with Gasteiger partial charge in [0, 0.05) is 28.2 Å². The van der Waals surface area contributed by atoms with E-state index >= 15 is 0 Å². The topological polar surface area (TPSA) is 42.0 Å². The lowest BCUT2D eigenvalue weighted by Crippen LogP contribution is -2.45. The number of aromatic nitrogens is 1. The Bertz CT molecular complexity index is 1080. The summed E-state index contributed by atoms with van der Waals surface area (Å²) in [5.41, 5.74) is 3.17. The van der Waals surface area contributed by atoms with Gasteiger partial charge in [-0.1, -0.05) is 11.6 Å². The third-order valence-electron chi connectivity index (χ3n) is 7.06. The van der Waals surface area contributed by atoms with Crippen molar-refractivity contribution < 1.29 is 9.18 Å². The van der Waals surface area contributed by atoms with Gasteiger partial charge in [-0.25, -0.2) is 4.39 Å². The summed E-state index contributed by atoms with van der Waals surface area (Å²) in [4.78, 5) is 17.0. The molecule has 3 aromatic rings. The molecule has 0 atom stereocenters. The van der Waals surface area contributed by atoms with Gasteiger partial charge in [0.2, 0.25) is 5.91 Å². The zero-order chi connectivity index (χ0) is 20.7. The number of amides is 1. The van der Waals surface area contributed by atoms with Crippen molar-refractivity contribution in [1.29, 1.82) is 0 Å². The summed E-state index contributed by atoms with van der Waals surface area (Å²) in [6, 6.07) is 14.1. The fourth-order valence-corrected chi connectivity index (χ4v) is 5.52. The maximum absolute atomic E-state index is 13.8. The zero-order valence-corrected chi connectivity index (χ0v) is 17.5. The predicted octanol–water partition coefficient (Wildman–Crippen LogP) is 6.72. The minimum Gasteiger partial charge on any atom is -0.326 e. The number of nitrogens with one attached hydrogen (secondary N) is 1. The minimum absolute atomic E-state index is 0.0908. The van der Waals surface area contributed by atoms with Crippen molar-refractivity contribution in [2.45, 2.75) is 44.4 Å². The molecule has 3 nitrogen and oxygen atoms in total. The molecule has 5 rings (SSSR count). The average Bonchev–Trinajstić information content (AvgIpc) is 2.73. The Kier molecular flexibility index (Phi) is 4.98. The highest BCUT2D eigenvalue weighted by Crippen LogP contribution is 2.57. The number of benzene rings is 2. The number of halogens is 2. The monoisotopic (exact) mass is 422 g/mol. The fraction of sp³-hybridized carbons (Fsp3) is 0.360. The lowest BCUT2D eigenvalue weighted by atomic mass is 9.54. The molecule has 30 heavy (non-hydrogen) atoms. The standard InChI is InChI=1S/C25H24ClFN2O/c26-18-1-4-20(5-2-18)29-24(30)17-14-25(15-17)10-7-16(8-11-25)21-9-12-28-23-6-3-19(27)13-22(21)23/h1-6,9,12-13,16-17H,7-8,10-11,14-15H2,(H,29,30)/t16-,17-,25?. The molecule has 1 amide bonds. The van der Waals surface area contributed by atoms with Crippen molar-refractivity contribution in [2.24, 2.45) is 11.3 Å². The second-order valence-electron chi connectivity index (χ2n) is 8.94. The molecule has 0 radical (unpaired) electrons. The first-order valence-corrected chi connectivity index (χ1v) is 11.0. The van der Waals surface area contributed by atoms with Crippen LogP contribution < -0.4 is 5.32 Å². The Morgan fingerprint density at radius 2 is 1.80 bits per heavy atom. The summed E-state index contributed by atoms with van der Waals surface area (Å²) < 4.78 is 13.8. The number of rotatable bonds is 3. The first-order chi connectivity index (χ1) is 14.5. The number of pyridine rings is 1. The van der Waals surface area contributed by atoms with Crippen LogP contribution in [0.1, 0.15) is 50.0 Å². The van der Waals surface area contributed by atoms with E-state index in [9.17, 15) is 9.18 Å². The van der Waals surface area contributed by atoms with Crippen LogP contribution >= 0.6 is 11.6 Å². The summed E-state index contributed by atoms with van der Waals surface area (Å²) in [6.07, 6.45) is 8.18. The SMILES string of the molecule is O=C(Nc1ccc(Cl)cc1)[C@H]1CC2(CC[C@H](c3ccnc4ccc(F)cc43)CC2)C1. The molecule has 1 spiro atoms. The third-order valence-corrected chi connectivity index (χ3v) is 7.32. The van der Waals surface area contributed by atoms with Crippen LogP contribution in [0.5, 0.6) is 0 Å². The second kappa shape index (κ2) is 7.66. The Hall–Kier alpha value is -2.46. The molecule has 0 bridgehead atoms. The Balaban J connectivity index is 1.21. The smallest absolute Gasteiger partial charge is 0.227 e. The van der Waals surface area contributed by atoms with Crippen molar-refractivity contribution in [3.63, 3.8) is 0 Å². The molecule has 1 heterocycles. The van der Waals surface area contributed by atoms with Gasteiger partial charge in [0.15, 0.2) is 0 Å². The minimum atomic E-state index is -0.211. The molecule has 2 saturated carbocycles. The van der Waals surface area contributed by atoms with Crippen molar-refractivity contribution in [2.75, 3.05) is 5.32 Å². The molecule has 0 saturated heterocycles. The second-order valence-corrected chi connectivity index (χ2v) is 9.37. The Morgan fingerprint density at radius 3 is 2.53 bits per heavy atom. The van der Waals surface area contributed by atoms with Crippen LogP contribution in [0.3, 0.4) is 0 Å². The van der Waals surface area contributed by atoms with Crippen LogP contribution in [0, 0.1) is 17.2 Å². The molecule has 2 fully saturated rings. The number of fused-ring (bicyclic) bond motifs is 1. The highest BCUT2D eigenvalue weighted by atomic mass is 35.5. The molecule has 0 unspecified atom stereocenters. The number of anilines is 1. The predicted molar refractivity (Wildman–Crippen MR) is 118 cm³/mol. The van der Waals surface area contributed by atoms with Crippen molar-refractivity contribution in [3.05, 3.63) is 71.1 Å². The van der Waals surface area contributed by atoms with E-state index in [1.54, 1.807) is 24.3 Å². The third kappa shape index (κ3) is 3.69. The van der Waals surface area contributed by atoms with E-state index in [1.807, 2.05) is 24.4 Å². The van der Waals surface area contributed by atoms with E-state index in [1.165, 1.54) is 11.6 Å². The number of carbonyl (C=O) groups excluding carboxylic acids is 1. The van der Waals surface area contributed by atoms with E-state index in [2.05, 4.69) is 10.3 Å².